The van der Waals surface area contributed by atoms with Crippen LogP contribution < -0.4 is 21.3 Å². The monoisotopic (exact) mass is 536 g/mol. The molecule has 1 fully saturated rings. The molecule has 0 saturated carbocycles. The molecule has 0 aliphatic carbocycles. The molecule has 2 atom stereocenters. The van der Waals surface area contributed by atoms with Crippen molar-refractivity contribution in [3.63, 3.8) is 0 Å². The highest BCUT2D eigenvalue weighted by atomic mass is 35.5. The molecule has 2 aromatic rings. The molecule has 0 bridgehead atoms. The first kappa shape index (κ1) is 27.3. The first-order valence-corrected chi connectivity index (χ1v) is 12.0. The van der Waals surface area contributed by atoms with Crippen LogP contribution in [0.1, 0.15) is 40.9 Å². The van der Waals surface area contributed by atoms with Crippen LogP contribution in [0.5, 0.6) is 0 Å². The Kier molecular flexibility index (Phi) is 9.92. The summed E-state index contributed by atoms with van der Waals surface area (Å²) in [5.74, 6) is -2.31. The third kappa shape index (κ3) is 7.84. The van der Waals surface area contributed by atoms with E-state index >= 15 is 0 Å². The van der Waals surface area contributed by atoms with E-state index in [4.69, 9.17) is 27.6 Å². The number of nitrogens with one attached hydrogen (secondary N) is 4. The Balaban J connectivity index is 1.57. The molecule has 2 heterocycles. The summed E-state index contributed by atoms with van der Waals surface area (Å²) in [6.07, 6.45) is 6.85. The molecule has 1 aromatic carbocycles. The minimum absolute atomic E-state index is 0.0186. The SMILES string of the molecule is O=C(/C=C/c1ccco1)NCc1cc(Cl)c(C(=O)N[C@@H](CNC(=O)[C@@H]2CCCCN2)C(=O)O)c(Cl)c1. The number of carbonyl (C=O) groups excluding carboxylic acids is 3. The maximum Gasteiger partial charge on any atom is 0.328 e. The lowest BCUT2D eigenvalue weighted by Gasteiger charge is -2.23. The molecule has 12 heteroatoms. The normalized spacial score (nSPS) is 16.3. The summed E-state index contributed by atoms with van der Waals surface area (Å²) < 4.78 is 5.11. The van der Waals surface area contributed by atoms with Gasteiger partial charge in [0.15, 0.2) is 0 Å². The van der Waals surface area contributed by atoms with E-state index in [0.717, 1.165) is 19.4 Å². The molecular weight excluding hydrogens is 511 g/mol. The maximum atomic E-state index is 12.8. The van der Waals surface area contributed by atoms with Crippen molar-refractivity contribution in [2.75, 3.05) is 13.1 Å². The number of aliphatic carboxylic acids is 1. The predicted molar refractivity (Wildman–Crippen MR) is 134 cm³/mol. The van der Waals surface area contributed by atoms with Gasteiger partial charge in [0.05, 0.1) is 27.9 Å². The Labute approximate surface area is 217 Å². The minimum Gasteiger partial charge on any atom is -0.480 e. The molecule has 192 valence electrons. The Bertz CT molecular complexity index is 1110. The number of hydrogen-bond donors (Lipinski definition) is 5. The van der Waals surface area contributed by atoms with Crippen LogP contribution in [-0.4, -0.2) is 54.0 Å². The summed E-state index contributed by atoms with van der Waals surface area (Å²) in [5, 5.41) is 20.1. The zero-order valence-electron chi connectivity index (χ0n) is 19.2. The van der Waals surface area contributed by atoms with Crippen LogP contribution >= 0.6 is 23.2 Å². The van der Waals surface area contributed by atoms with Crippen molar-refractivity contribution in [3.8, 4) is 0 Å². The van der Waals surface area contributed by atoms with E-state index in [2.05, 4.69) is 21.3 Å². The van der Waals surface area contributed by atoms with Crippen LogP contribution in [0.2, 0.25) is 10.0 Å². The summed E-state index contributed by atoms with van der Waals surface area (Å²) in [5.41, 5.74) is 0.418. The van der Waals surface area contributed by atoms with Crippen LogP contribution in [0.25, 0.3) is 6.08 Å². The molecule has 10 nitrogen and oxygen atoms in total. The van der Waals surface area contributed by atoms with Gasteiger partial charge in [0.25, 0.3) is 5.91 Å². The van der Waals surface area contributed by atoms with E-state index < -0.39 is 17.9 Å². The molecule has 1 aliphatic rings. The molecule has 1 aromatic heterocycles. The van der Waals surface area contributed by atoms with Gasteiger partial charge in [0.2, 0.25) is 11.8 Å². The van der Waals surface area contributed by atoms with E-state index in [9.17, 15) is 24.3 Å². The lowest BCUT2D eigenvalue weighted by molar-refractivity contribution is -0.139. The summed E-state index contributed by atoms with van der Waals surface area (Å²) in [6, 6.07) is 4.52. The topological polar surface area (TPSA) is 150 Å². The van der Waals surface area contributed by atoms with Crippen LogP contribution in [0.15, 0.2) is 41.0 Å². The first-order valence-electron chi connectivity index (χ1n) is 11.3. The van der Waals surface area contributed by atoms with Gasteiger partial charge in [0, 0.05) is 19.2 Å². The van der Waals surface area contributed by atoms with Gasteiger partial charge >= 0.3 is 5.97 Å². The van der Waals surface area contributed by atoms with Crippen molar-refractivity contribution in [3.05, 3.63) is 63.5 Å². The summed E-state index contributed by atoms with van der Waals surface area (Å²) >= 11 is 12.5. The Morgan fingerprint density at radius 3 is 2.53 bits per heavy atom. The first-order chi connectivity index (χ1) is 17.2. The number of amides is 3. The third-order valence-corrected chi connectivity index (χ3v) is 6.04. The lowest BCUT2D eigenvalue weighted by Crippen LogP contribution is -2.53. The average Bonchev–Trinajstić information content (AvgIpc) is 3.37. The maximum absolute atomic E-state index is 12.8. The lowest BCUT2D eigenvalue weighted by atomic mass is 10.0. The molecule has 0 spiro atoms. The average molecular weight is 537 g/mol. The van der Waals surface area contributed by atoms with E-state index in [0.29, 0.717) is 17.7 Å². The van der Waals surface area contributed by atoms with Gasteiger partial charge in [-0.2, -0.15) is 0 Å². The number of hydrogen-bond acceptors (Lipinski definition) is 6. The van der Waals surface area contributed by atoms with Crippen molar-refractivity contribution in [1.82, 2.24) is 21.3 Å². The van der Waals surface area contributed by atoms with E-state index in [-0.39, 0.29) is 46.6 Å². The van der Waals surface area contributed by atoms with Gasteiger partial charge in [-0.25, -0.2) is 4.79 Å². The highest BCUT2D eigenvalue weighted by molar-refractivity contribution is 6.39. The second-order valence-electron chi connectivity index (χ2n) is 8.11. The van der Waals surface area contributed by atoms with Crippen LogP contribution in [-0.2, 0) is 20.9 Å². The fraction of sp³-hybridized carbons (Fsp3) is 0.333. The second kappa shape index (κ2) is 13.1. The zero-order valence-corrected chi connectivity index (χ0v) is 20.7. The van der Waals surface area contributed by atoms with Crippen molar-refractivity contribution in [2.45, 2.75) is 37.9 Å². The van der Waals surface area contributed by atoms with Crippen molar-refractivity contribution >= 4 is 53.0 Å². The van der Waals surface area contributed by atoms with Crippen molar-refractivity contribution in [2.24, 2.45) is 0 Å². The Morgan fingerprint density at radius 2 is 1.92 bits per heavy atom. The number of carboxylic acids is 1. The van der Waals surface area contributed by atoms with Gasteiger partial charge in [-0.3, -0.25) is 14.4 Å². The number of rotatable bonds is 10. The van der Waals surface area contributed by atoms with Gasteiger partial charge in [-0.05, 0) is 55.3 Å². The number of halogens is 2. The van der Waals surface area contributed by atoms with Crippen LogP contribution in [0.3, 0.4) is 0 Å². The fourth-order valence-electron chi connectivity index (χ4n) is 3.57. The van der Waals surface area contributed by atoms with E-state index in [1.807, 2.05) is 0 Å². The molecule has 36 heavy (non-hydrogen) atoms. The molecule has 0 radical (unpaired) electrons. The quantitative estimate of drug-likeness (QED) is 0.292. The van der Waals surface area contributed by atoms with Crippen LogP contribution in [0, 0.1) is 0 Å². The predicted octanol–water partition coefficient (Wildman–Crippen LogP) is 2.36. The largest absolute Gasteiger partial charge is 0.480 e. The summed E-state index contributed by atoms with van der Waals surface area (Å²) in [4.78, 5) is 48.7. The molecule has 3 amide bonds. The highest BCUT2D eigenvalue weighted by Gasteiger charge is 2.26. The van der Waals surface area contributed by atoms with Gasteiger partial charge < -0.3 is 30.8 Å². The second-order valence-corrected chi connectivity index (χ2v) is 8.93. The van der Waals surface area contributed by atoms with Gasteiger partial charge in [0.1, 0.15) is 11.8 Å². The summed E-state index contributed by atoms with van der Waals surface area (Å²) in [6.45, 7) is 0.500. The Hall–Kier alpha value is -3.34. The molecule has 1 saturated heterocycles. The molecule has 5 N–H and O–H groups in total. The standard InChI is InChI=1S/C24H26Cl2N4O6/c25-16-10-14(12-28-20(31)7-6-15-4-3-9-36-15)11-17(26)21(16)23(33)30-19(24(34)35)13-29-22(32)18-5-1-2-8-27-18/h3-4,6-7,9-11,18-19,27H,1-2,5,8,12-13H2,(H,28,31)(H,29,32)(H,30,33)(H,34,35)/b7-6+/t18-,19-/m0/s1. The smallest absolute Gasteiger partial charge is 0.328 e. The number of piperidine rings is 1. The number of furan rings is 1. The van der Waals surface area contributed by atoms with Gasteiger partial charge in [-0.1, -0.05) is 29.6 Å². The summed E-state index contributed by atoms with van der Waals surface area (Å²) in [7, 11) is 0. The molecular formula is C24H26Cl2N4O6. The highest BCUT2D eigenvalue weighted by Crippen LogP contribution is 2.27. The number of carbonyl (C=O) groups is 4. The van der Waals surface area contributed by atoms with Crippen LogP contribution in [0.4, 0.5) is 0 Å². The Morgan fingerprint density at radius 1 is 1.17 bits per heavy atom. The van der Waals surface area contributed by atoms with Gasteiger partial charge in [-0.15, -0.1) is 0 Å². The molecule has 3 rings (SSSR count). The van der Waals surface area contributed by atoms with Crippen molar-refractivity contribution < 1.29 is 28.7 Å². The minimum atomic E-state index is -1.39. The van der Waals surface area contributed by atoms with Crippen molar-refractivity contribution in [1.29, 1.82) is 0 Å². The fourth-order valence-corrected chi connectivity index (χ4v) is 4.27. The molecule has 0 unspecified atom stereocenters. The third-order valence-electron chi connectivity index (χ3n) is 5.45. The van der Waals surface area contributed by atoms with E-state index in [1.54, 1.807) is 12.1 Å². The number of benzene rings is 1. The molecule has 1 aliphatic heterocycles. The zero-order chi connectivity index (χ0) is 26.1. The van der Waals surface area contributed by atoms with E-state index in [1.165, 1.54) is 30.5 Å². The number of carboxylic acid groups (broad SMARTS) is 1.